The molecule has 0 aromatic carbocycles. The Morgan fingerprint density at radius 2 is 1.86 bits per heavy atom. The van der Waals surface area contributed by atoms with E-state index >= 15 is 0 Å². The standard InChI is InChI=1S/C16H25N3O3/c1-18(12-17)15(20)14(11-13-7-3-2-4-8-13)22-16(21)19-9-5-6-10-19/h13-14H,2-11H2,1H3/t14-/m0/s1. The zero-order valence-electron chi connectivity index (χ0n) is 13.3. The summed E-state index contributed by atoms with van der Waals surface area (Å²) in [7, 11) is 1.42. The summed E-state index contributed by atoms with van der Waals surface area (Å²) in [4.78, 5) is 27.1. The second-order valence-electron chi connectivity index (χ2n) is 6.30. The highest BCUT2D eigenvalue weighted by atomic mass is 16.6. The Bertz CT molecular complexity index is 434. The van der Waals surface area contributed by atoms with Gasteiger partial charge in [-0.2, -0.15) is 5.26 Å². The molecule has 0 N–H and O–H groups in total. The van der Waals surface area contributed by atoms with E-state index in [1.807, 2.05) is 0 Å². The van der Waals surface area contributed by atoms with Gasteiger partial charge in [0.25, 0.3) is 5.91 Å². The van der Waals surface area contributed by atoms with E-state index in [0.717, 1.165) is 30.6 Å². The fourth-order valence-electron chi connectivity index (χ4n) is 3.29. The van der Waals surface area contributed by atoms with Gasteiger partial charge < -0.3 is 9.64 Å². The first-order valence-corrected chi connectivity index (χ1v) is 8.24. The summed E-state index contributed by atoms with van der Waals surface area (Å²) in [5, 5.41) is 8.91. The van der Waals surface area contributed by atoms with E-state index in [1.165, 1.54) is 26.3 Å². The molecule has 0 aromatic heterocycles. The second kappa shape index (κ2) is 8.02. The molecule has 2 fully saturated rings. The minimum absolute atomic E-state index is 0.404. The molecule has 0 unspecified atom stereocenters. The average molecular weight is 307 g/mol. The van der Waals surface area contributed by atoms with Crippen molar-refractivity contribution in [1.29, 1.82) is 5.26 Å². The van der Waals surface area contributed by atoms with Crippen molar-refractivity contribution in [2.24, 2.45) is 5.92 Å². The summed E-state index contributed by atoms with van der Waals surface area (Å²) < 4.78 is 5.47. The number of amides is 2. The lowest BCUT2D eigenvalue weighted by atomic mass is 9.85. The SMILES string of the molecule is CN(C#N)C(=O)[C@H](CC1CCCCC1)OC(=O)N1CCCC1. The molecular formula is C16H25N3O3. The summed E-state index contributed by atoms with van der Waals surface area (Å²) in [6, 6.07) is 0. The van der Waals surface area contributed by atoms with E-state index in [2.05, 4.69) is 0 Å². The molecule has 1 aliphatic carbocycles. The number of likely N-dealkylation sites (tertiary alicyclic amines) is 1. The number of carbonyl (C=O) groups is 2. The van der Waals surface area contributed by atoms with Gasteiger partial charge in [0.05, 0.1) is 0 Å². The first kappa shape index (κ1) is 16.6. The van der Waals surface area contributed by atoms with E-state index in [1.54, 1.807) is 11.1 Å². The topological polar surface area (TPSA) is 73.6 Å². The van der Waals surface area contributed by atoms with Crippen molar-refractivity contribution in [3.05, 3.63) is 0 Å². The number of nitriles is 1. The number of hydrogen-bond donors (Lipinski definition) is 0. The van der Waals surface area contributed by atoms with Crippen LogP contribution in [0.1, 0.15) is 51.4 Å². The highest BCUT2D eigenvalue weighted by molar-refractivity contribution is 5.84. The van der Waals surface area contributed by atoms with Crippen molar-refractivity contribution in [2.75, 3.05) is 20.1 Å². The fraction of sp³-hybridized carbons (Fsp3) is 0.812. The first-order chi connectivity index (χ1) is 10.6. The van der Waals surface area contributed by atoms with Gasteiger partial charge in [0.2, 0.25) is 0 Å². The summed E-state index contributed by atoms with van der Waals surface area (Å²) >= 11 is 0. The number of likely N-dealkylation sites (N-methyl/N-ethyl adjacent to an activating group) is 1. The zero-order valence-corrected chi connectivity index (χ0v) is 13.3. The molecule has 6 heteroatoms. The molecule has 0 radical (unpaired) electrons. The van der Waals surface area contributed by atoms with Crippen molar-refractivity contribution >= 4 is 12.0 Å². The molecule has 2 amide bonds. The van der Waals surface area contributed by atoms with Crippen LogP contribution >= 0.6 is 0 Å². The average Bonchev–Trinajstić information content (AvgIpc) is 3.08. The fourth-order valence-corrected chi connectivity index (χ4v) is 3.29. The van der Waals surface area contributed by atoms with Crippen LogP contribution in [0.15, 0.2) is 0 Å². The van der Waals surface area contributed by atoms with Crippen molar-refractivity contribution < 1.29 is 14.3 Å². The van der Waals surface area contributed by atoms with E-state index in [4.69, 9.17) is 10.00 Å². The Morgan fingerprint density at radius 3 is 2.45 bits per heavy atom. The number of rotatable bonds is 4. The monoisotopic (exact) mass is 307 g/mol. The summed E-state index contributed by atoms with van der Waals surface area (Å²) in [5.41, 5.74) is 0. The Morgan fingerprint density at radius 1 is 1.23 bits per heavy atom. The predicted molar refractivity (Wildman–Crippen MR) is 80.7 cm³/mol. The van der Waals surface area contributed by atoms with Crippen LogP contribution in [-0.2, 0) is 9.53 Å². The molecule has 6 nitrogen and oxygen atoms in total. The third kappa shape index (κ3) is 4.36. The normalized spacial score (nSPS) is 20.3. The second-order valence-corrected chi connectivity index (χ2v) is 6.30. The van der Waals surface area contributed by atoms with Gasteiger partial charge in [0.1, 0.15) is 0 Å². The molecule has 0 aromatic rings. The van der Waals surface area contributed by atoms with Crippen LogP contribution in [0.3, 0.4) is 0 Å². The summed E-state index contributed by atoms with van der Waals surface area (Å²) in [6.45, 7) is 1.38. The van der Waals surface area contributed by atoms with Crippen LogP contribution in [-0.4, -0.2) is 48.0 Å². The molecule has 0 spiro atoms. The predicted octanol–water partition coefficient (Wildman–Crippen LogP) is 2.50. The van der Waals surface area contributed by atoms with Gasteiger partial charge in [-0.15, -0.1) is 0 Å². The van der Waals surface area contributed by atoms with Gasteiger partial charge in [-0.25, -0.2) is 9.69 Å². The highest BCUT2D eigenvalue weighted by Crippen LogP contribution is 2.28. The van der Waals surface area contributed by atoms with Gasteiger partial charge >= 0.3 is 6.09 Å². The number of hydrogen-bond acceptors (Lipinski definition) is 4. The van der Waals surface area contributed by atoms with Crippen LogP contribution < -0.4 is 0 Å². The Labute approximate surface area is 132 Å². The maximum Gasteiger partial charge on any atom is 0.410 e. The Hall–Kier alpha value is -1.77. The van der Waals surface area contributed by atoms with Gasteiger partial charge in [0.15, 0.2) is 12.3 Å². The molecule has 1 atom stereocenters. The molecule has 122 valence electrons. The van der Waals surface area contributed by atoms with Crippen molar-refractivity contribution in [1.82, 2.24) is 9.80 Å². The van der Waals surface area contributed by atoms with Crippen LogP contribution in [0.5, 0.6) is 0 Å². The maximum atomic E-state index is 12.3. The zero-order chi connectivity index (χ0) is 15.9. The van der Waals surface area contributed by atoms with Gasteiger partial charge in [0, 0.05) is 20.1 Å². The van der Waals surface area contributed by atoms with Crippen LogP contribution in [0.25, 0.3) is 0 Å². The van der Waals surface area contributed by atoms with Gasteiger partial charge in [-0.1, -0.05) is 32.1 Å². The van der Waals surface area contributed by atoms with E-state index in [0.29, 0.717) is 25.4 Å². The minimum Gasteiger partial charge on any atom is -0.436 e. The van der Waals surface area contributed by atoms with Crippen LogP contribution in [0.4, 0.5) is 4.79 Å². The lowest BCUT2D eigenvalue weighted by Gasteiger charge is -2.28. The Kier molecular flexibility index (Phi) is 6.05. The first-order valence-electron chi connectivity index (χ1n) is 8.24. The van der Waals surface area contributed by atoms with E-state index in [-0.39, 0.29) is 0 Å². The lowest BCUT2D eigenvalue weighted by molar-refractivity contribution is -0.137. The number of nitrogens with zero attached hydrogens (tertiary/aromatic N) is 3. The molecule has 0 bridgehead atoms. The molecule has 2 rings (SSSR count). The van der Waals surface area contributed by atoms with Crippen molar-refractivity contribution in [3.8, 4) is 6.19 Å². The molecule has 22 heavy (non-hydrogen) atoms. The van der Waals surface area contributed by atoms with Crippen LogP contribution in [0, 0.1) is 17.4 Å². The smallest absolute Gasteiger partial charge is 0.410 e. The summed E-state index contributed by atoms with van der Waals surface area (Å²) in [6.07, 6.45) is 8.76. The number of carbonyl (C=O) groups excluding carboxylic acids is 2. The Balaban J connectivity index is 1.98. The third-order valence-electron chi connectivity index (χ3n) is 4.64. The molecular weight excluding hydrogens is 282 g/mol. The molecule has 1 saturated carbocycles. The van der Waals surface area contributed by atoms with Gasteiger partial charge in [-0.3, -0.25) is 4.79 Å². The molecule has 1 heterocycles. The lowest BCUT2D eigenvalue weighted by Crippen LogP contribution is -2.41. The van der Waals surface area contributed by atoms with Crippen molar-refractivity contribution in [2.45, 2.75) is 57.5 Å². The van der Waals surface area contributed by atoms with Gasteiger partial charge in [-0.05, 0) is 25.2 Å². The summed E-state index contributed by atoms with van der Waals surface area (Å²) in [5.74, 6) is -0.0122. The number of ether oxygens (including phenoxy) is 1. The molecule has 1 saturated heterocycles. The molecule has 1 aliphatic heterocycles. The van der Waals surface area contributed by atoms with Crippen LogP contribution in [0.2, 0.25) is 0 Å². The quantitative estimate of drug-likeness (QED) is 0.591. The highest BCUT2D eigenvalue weighted by Gasteiger charge is 2.32. The largest absolute Gasteiger partial charge is 0.436 e. The van der Waals surface area contributed by atoms with E-state index < -0.39 is 18.1 Å². The van der Waals surface area contributed by atoms with E-state index in [9.17, 15) is 9.59 Å². The third-order valence-corrected chi connectivity index (χ3v) is 4.64. The minimum atomic E-state index is -0.833. The molecule has 2 aliphatic rings. The van der Waals surface area contributed by atoms with Crippen molar-refractivity contribution in [3.63, 3.8) is 0 Å². The maximum absolute atomic E-state index is 12.3.